The zero-order valence-electron chi connectivity index (χ0n) is 13.4. The van der Waals surface area contributed by atoms with Gasteiger partial charge < -0.3 is 14.2 Å². The van der Waals surface area contributed by atoms with Crippen molar-refractivity contribution in [3.05, 3.63) is 11.6 Å². The van der Waals surface area contributed by atoms with E-state index < -0.39 is 25.3 Å². The summed E-state index contributed by atoms with van der Waals surface area (Å²) < 4.78 is 43.0. The molecule has 1 fully saturated rings. The van der Waals surface area contributed by atoms with Crippen LogP contribution in [0.3, 0.4) is 0 Å². The third-order valence-electron chi connectivity index (χ3n) is 4.50. The van der Waals surface area contributed by atoms with Gasteiger partial charge in [-0.25, -0.2) is 0 Å². The van der Waals surface area contributed by atoms with Crippen molar-refractivity contribution >= 4 is 5.91 Å². The first-order valence-corrected chi connectivity index (χ1v) is 8.31. The predicted octanol–water partition coefficient (Wildman–Crippen LogP) is 2.25. The molecule has 0 radical (unpaired) electrons. The summed E-state index contributed by atoms with van der Waals surface area (Å²) in [4.78, 5) is 13.8. The maximum Gasteiger partial charge on any atom is 0.411 e. The lowest BCUT2D eigenvalue weighted by Gasteiger charge is -2.24. The van der Waals surface area contributed by atoms with Gasteiger partial charge in [0, 0.05) is 19.5 Å². The Labute approximate surface area is 138 Å². The molecule has 0 N–H and O–H groups in total. The number of rotatable bonds is 4. The van der Waals surface area contributed by atoms with Gasteiger partial charge in [0.05, 0.1) is 6.04 Å². The molecule has 1 aromatic rings. The topological polar surface area (TPSA) is 60.2 Å². The number of hydrogen-bond donors (Lipinski definition) is 0. The Kier molecular flexibility index (Phi) is 5.07. The second kappa shape index (κ2) is 7.08. The second-order valence-electron chi connectivity index (χ2n) is 6.29. The van der Waals surface area contributed by atoms with Gasteiger partial charge in [-0.2, -0.15) is 13.2 Å². The molecule has 0 saturated carbocycles. The zero-order valence-corrected chi connectivity index (χ0v) is 13.4. The first-order valence-electron chi connectivity index (χ1n) is 8.31. The highest BCUT2D eigenvalue weighted by atomic mass is 19.4. The average molecular weight is 346 g/mol. The van der Waals surface area contributed by atoms with Crippen LogP contribution in [-0.2, 0) is 22.5 Å². The van der Waals surface area contributed by atoms with Crippen molar-refractivity contribution in [2.45, 2.75) is 57.3 Å². The molecule has 1 aromatic heterocycles. The summed E-state index contributed by atoms with van der Waals surface area (Å²) in [5.41, 5.74) is 0. The number of fused-ring (bicyclic) bond motifs is 1. The molecule has 1 saturated heterocycles. The Hall–Kier alpha value is -1.64. The van der Waals surface area contributed by atoms with Crippen LogP contribution in [0, 0.1) is 0 Å². The number of ether oxygens (including phenoxy) is 1. The summed E-state index contributed by atoms with van der Waals surface area (Å²) in [5, 5.41) is 8.52. The number of hydrogen-bond acceptors (Lipinski definition) is 4. The van der Waals surface area contributed by atoms with Crippen molar-refractivity contribution in [1.82, 2.24) is 19.7 Å². The molecule has 2 aliphatic heterocycles. The van der Waals surface area contributed by atoms with Gasteiger partial charge in [0.1, 0.15) is 19.0 Å². The quantitative estimate of drug-likeness (QED) is 0.839. The van der Waals surface area contributed by atoms with Crippen molar-refractivity contribution < 1.29 is 22.7 Å². The van der Waals surface area contributed by atoms with Gasteiger partial charge in [-0.1, -0.05) is 6.42 Å². The minimum absolute atomic E-state index is 0.216. The van der Waals surface area contributed by atoms with E-state index in [0.717, 1.165) is 56.7 Å². The van der Waals surface area contributed by atoms with Crippen LogP contribution in [0.5, 0.6) is 0 Å². The van der Waals surface area contributed by atoms with Crippen LogP contribution in [0.15, 0.2) is 0 Å². The van der Waals surface area contributed by atoms with Crippen LogP contribution < -0.4 is 0 Å². The maximum absolute atomic E-state index is 12.2. The third-order valence-corrected chi connectivity index (χ3v) is 4.50. The van der Waals surface area contributed by atoms with Gasteiger partial charge in [0.25, 0.3) is 0 Å². The third kappa shape index (κ3) is 3.88. The Bertz CT molecular complexity index is 588. The minimum atomic E-state index is -4.42. The zero-order chi connectivity index (χ0) is 17.2. The SMILES string of the molecule is O=C(COCC(F)(F)F)N1CCC[C@@H]1c1nnc2n1CCCCC2. The Morgan fingerprint density at radius 2 is 2.00 bits per heavy atom. The molecule has 3 heterocycles. The van der Waals surface area contributed by atoms with E-state index in [1.807, 2.05) is 0 Å². The van der Waals surface area contributed by atoms with E-state index >= 15 is 0 Å². The summed E-state index contributed by atoms with van der Waals surface area (Å²) in [6, 6.07) is -0.216. The lowest BCUT2D eigenvalue weighted by atomic mass is 10.2. The molecule has 24 heavy (non-hydrogen) atoms. The fraction of sp³-hybridized carbons (Fsp3) is 0.800. The monoisotopic (exact) mass is 346 g/mol. The van der Waals surface area contributed by atoms with Gasteiger partial charge in [0.2, 0.25) is 5.91 Å². The number of amides is 1. The molecule has 134 valence electrons. The number of carbonyl (C=O) groups is 1. The van der Waals surface area contributed by atoms with Crippen LogP contribution in [-0.4, -0.2) is 51.5 Å². The molecular formula is C15H21F3N4O2. The van der Waals surface area contributed by atoms with E-state index in [1.165, 1.54) is 0 Å². The van der Waals surface area contributed by atoms with Crippen molar-refractivity contribution in [3.8, 4) is 0 Å². The molecule has 0 spiro atoms. The number of aromatic nitrogens is 3. The summed E-state index contributed by atoms with van der Waals surface area (Å²) in [5.74, 6) is 1.27. The molecule has 0 aliphatic carbocycles. The van der Waals surface area contributed by atoms with Crippen LogP contribution in [0.25, 0.3) is 0 Å². The largest absolute Gasteiger partial charge is 0.411 e. The lowest BCUT2D eigenvalue weighted by Crippen LogP contribution is -2.35. The predicted molar refractivity (Wildman–Crippen MR) is 78.1 cm³/mol. The van der Waals surface area contributed by atoms with Crippen LogP contribution in [0.2, 0.25) is 0 Å². The van der Waals surface area contributed by atoms with Crippen molar-refractivity contribution in [1.29, 1.82) is 0 Å². The van der Waals surface area contributed by atoms with E-state index in [0.29, 0.717) is 6.54 Å². The molecule has 6 nitrogen and oxygen atoms in total. The molecule has 0 aromatic carbocycles. The average Bonchev–Trinajstić information content (AvgIpc) is 3.07. The van der Waals surface area contributed by atoms with Gasteiger partial charge >= 0.3 is 6.18 Å². The highest BCUT2D eigenvalue weighted by Gasteiger charge is 2.35. The van der Waals surface area contributed by atoms with Gasteiger partial charge in [-0.15, -0.1) is 10.2 Å². The first-order chi connectivity index (χ1) is 11.5. The smallest absolute Gasteiger partial charge is 0.362 e. The van der Waals surface area contributed by atoms with E-state index in [9.17, 15) is 18.0 Å². The van der Waals surface area contributed by atoms with Crippen molar-refractivity contribution in [3.63, 3.8) is 0 Å². The van der Waals surface area contributed by atoms with E-state index in [2.05, 4.69) is 19.5 Å². The standard InChI is InChI=1S/C15H21F3N4O2/c16-15(17,18)10-24-9-13(23)21-8-4-5-11(21)14-20-19-12-6-2-1-3-7-22(12)14/h11H,1-10H2/t11-/m1/s1. The fourth-order valence-corrected chi connectivity index (χ4v) is 3.42. The molecule has 0 unspecified atom stereocenters. The fourth-order valence-electron chi connectivity index (χ4n) is 3.42. The molecule has 0 bridgehead atoms. The molecular weight excluding hydrogens is 325 g/mol. The van der Waals surface area contributed by atoms with Crippen LogP contribution >= 0.6 is 0 Å². The van der Waals surface area contributed by atoms with Gasteiger partial charge in [0.15, 0.2) is 5.82 Å². The molecule has 2 aliphatic rings. The number of alkyl halides is 3. The minimum Gasteiger partial charge on any atom is -0.362 e. The molecule has 1 atom stereocenters. The highest BCUT2D eigenvalue weighted by Crippen LogP contribution is 2.32. The molecule has 1 amide bonds. The van der Waals surface area contributed by atoms with E-state index in [1.54, 1.807) is 4.90 Å². The molecule has 9 heteroatoms. The first kappa shape index (κ1) is 17.2. The number of likely N-dealkylation sites (tertiary alicyclic amines) is 1. The van der Waals surface area contributed by atoms with E-state index in [-0.39, 0.29) is 6.04 Å². The summed E-state index contributed by atoms with van der Waals surface area (Å²) >= 11 is 0. The van der Waals surface area contributed by atoms with Gasteiger partial charge in [-0.3, -0.25) is 4.79 Å². The van der Waals surface area contributed by atoms with Crippen molar-refractivity contribution in [2.24, 2.45) is 0 Å². The maximum atomic E-state index is 12.2. The summed E-state index contributed by atoms with van der Waals surface area (Å²) in [6.07, 6.45) is 1.28. The normalized spacial score (nSPS) is 21.6. The van der Waals surface area contributed by atoms with Crippen LogP contribution in [0.4, 0.5) is 13.2 Å². The second-order valence-corrected chi connectivity index (χ2v) is 6.29. The van der Waals surface area contributed by atoms with Crippen molar-refractivity contribution in [2.75, 3.05) is 19.8 Å². The number of halogens is 3. The Balaban J connectivity index is 1.67. The summed E-state index contributed by atoms with van der Waals surface area (Å²) in [7, 11) is 0. The Morgan fingerprint density at radius 3 is 2.79 bits per heavy atom. The highest BCUT2D eigenvalue weighted by molar-refractivity contribution is 5.78. The summed E-state index contributed by atoms with van der Waals surface area (Å²) in [6.45, 7) is -0.615. The van der Waals surface area contributed by atoms with E-state index in [4.69, 9.17) is 0 Å². The molecule has 3 rings (SSSR count). The van der Waals surface area contributed by atoms with Gasteiger partial charge in [-0.05, 0) is 25.7 Å². The lowest BCUT2D eigenvalue weighted by molar-refractivity contribution is -0.178. The number of nitrogens with zero attached hydrogens (tertiary/aromatic N) is 4. The number of aryl methyl sites for hydroxylation is 1. The number of carbonyl (C=O) groups excluding carboxylic acids is 1. The van der Waals surface area contributed by atoms with Crippen LogP contribution in [0.1, 0.15) is 49.8 Å². The Morgan fingerprint density at radius 1 is 1.17 bits per heavy atom.